The van der Waals surface area contributed by atoms with E-state index in [1.807, 2.05) is 0 Å². The predicted molar refractivity (Wildman–Crippen MR) is 89.2 cm³/mol. The zero-order valence-corrected chi connectivity index (χ0v) is 12.8. The number of anilines is 2. The number of phenols is 1. The van der Waals surface area contributed by atoms with Crippen LogP contribution in [0.2, 0.25) is 0 Å². The van der Waals surface area contributed by atoms with Crippen molar-refractivity contribution in [1.29, 1.82) is 0 Å². The number of unbranched alkanes of at least 4 members (excludes halogenated alkanes) is 1. The molecule has 0 saturated carbocycles. The molecule has 118 valence electrons. The van der Waals surface area contributed by atoms with E-state index in [1.165, 1.54) is 12.1 Å². The summed E-state index contributed by atoms with van der Waals surface area (Å²) >= 11 is 0. The first-order valence-corrected chi connectivity index (χ1v) is 7.64. The fraction of sp³-hybridized carbons (Fsp3) is 0.222. The number of hydrogen-bond donors (Lipinski definition) is 3. The SMILES string of the molecule is CCCCNc1ccc(N)c2c1C(=O)c1c(O)cccc1C2=O. The number of nitrogens with two attached hydrogens (primary N) is 1. The van der Waals surface area contributed by atoms with Crippen molar-refractivity contribution in [3.8, 4) is 5.75 Å². The second-order valence-corrected chi connectivity index (χ2v) is 5.59. The lowest BCUT2D eigenvalue weighted by Crippen LogP contribution is -2.24. The van der Waals surface area contributed by atoms with E-state index in [1.54, 1.807) is 18.2 Å². The van der Waals surface area contributed by atoms with Crippen molar-refractivity contribution >= 4 is 22.9 Å². The highest BCUT2D eigenvalue weighted by atomic mass is 16.3. The Morgan fingerprint density at radius 3 is 2.57 bits per heavy atom. The number of rotatable bonds is 4. The van der Waals surface area contributed by atoms with E-state index in [-0.39, 0.29) is 45.3 Å². The Morgan fingerprint density at radius 2 is 1.83 bits per heavy atom. The third-order valence-corrected chi connectivity index (χ3v) is 4.05. The van der Waals surface area contributed by atoms with Crippen LogP contribution in [-0.4, -0.2) is 23.2 Å². The maximum absolute atomic E-state index is 12.9. The number of aromatic hydroxyl groups is 1. The van der Waals surface area contributed by atoms with Gasteiger partial charge in [0, 0.05) is 23.5 Å². The summed E-state index contributed by atoms with van der Waals surface area (Å²) in [7, 11) is 0. The van der Waals surface area contributed by atoms with E-state index in [4.69, 9.17) is 5.73 Å². The summed E-state index contributed by atoms with van der Waals surface area (Å²) in [5, 5.41) is 13.2. The number of phenolic OH excluding ortho intramolecular Hbond substituents is 1. The molecule has 4 N–H and O–H groups in total. The standard InChI is InChI=1S/C18H18N2O3/c1-2-3-9-20-12-8-7-11(19)15-16(12)18(23)14-10(17(15)22)5-4-6-13(14)21/h4-8,20-21H,2-3,9,19H2,1H3. The number of nitrogen functional groups attached to an aromatic ring is 1. The van der Waals surface area contributed by atoms with Crippen molar-refractivity contribution in [3.05, 3.63) is 52.6 Å². The summed E-state index contributed by atoms with van der Waals surface area (Å²) < 4.78 is 0. The van der Waals surface area contributed by atoms with Gasteiger partial charge in [-0.15, -0.1) is 0 Å². The van der Waals surface area contributed by atoms with Crippen LogP contribution in [0.3, 0.4) is 0 Å². The van der Waals surface area contributed by atoms with Gasteiger partial charge in [-0.2, -0.15) is 0 Å². The average Bonchev–Trinajstić information content (AvgIpc) is 2.53. The molecule has 2 aromatic rings. The van der Waals surface area contributed by atoms with Crippen LogP contribution in [0, 0.1) is 0 Å². The second kappa shape index (κ2) is 5.76. The number of ketones is 2. The molecule has 0 heterocycles. The summed E-state index contributed by atoms with van der Waals surface area (Å²) in [5.74, 6) is -0.894. The zero-order valence-electron chi connectivity index (χ0n) is 12.8. The maximum Gasteiger partial charge on any atom is 0.200 e. The smallest absolute Gasteiger partial charge is 0.200 e. The number of fused-ring (bicyclic) bond motifs is 2. The largest absolute Gasteiger partial charge is 0.507 e. The van der Waals surface area contributed by atoms with Gasteiger partial charge in [0.25, 0.3) is 0 Å². The molecule has 0 saturated heterocycles. The fourth-order valence-electron chi connectivity index (χ4n) is 2.87. The highest BCUT2D eigenvalue weighted by molar-refractivity contribution is 6.32. The molecule has 1 aliphatic carbocycles. The lowest BCUT2D eigenvalue weighted by molar-refractivity contribution is 0.0978. The Hall–Kier alpha value is -2.82. The van der Waals surface area contributed by atoms with Gasteiger partial charge < -0.3 is 16.2 Å². The van der Waals surface area contributed by atoms with E-state index >= 15 is 0 Å². The first-order chi connectivity index (χ1) is 11.1. The first kappa shape index (κ1) is 15.1. The molecular formula is C18H18N2O3. The molecule has 0 amide bonds. The van der Waals surface area contributed by atoms with Gasteiger partial charge in [-0.25, -0.2) is 0 Å². The van der Waals surface area contributed by atoms with Crippen molar-refractivity contribution in [3.63, 3.8) is 0 Å². The number of carbonyl (C=O) groups is 2. The molecule has 5 nitrogen and oxygen atoms in total. The molecule has 23 heavy (non-hydrogen) atoms. The fourth-order valence-corrected chi connectivity index (χ4v) is 2.87. The van der Waals surface area contributed by atoms with Crippen molar-refractivity contribution in [1.82, 2.24) is 0 Å². The van der Waals surface area contributed by atoms with Gasteiger partial charge in [-0.05, 0) is 24.6 Å². The van der Waals surface area contributed by atoms with Crippen LogP contribution in [0.1, 0.15) is 51.6 Å². The Kier molecular flexibility index (Phi) is 3.78. The number of hydrogen-bond acceptors (Lipinski definition) is 5. The molecule has 0 aliphatic heterocycles. The van der Waals surface area contributed by atoms with Crippen molar-refractivity contribution in [2.45, 2.75) is 19.8 Å². The predicted octanol–water partition coefficient (Wildman–Crippen LogP) is 2.96. The topological polar surface area (TPSA) is 92.4 Å². The van der Waals surface area contributed by atoms with E-state index in [9.17, 15) is 14.7 Å². The minimum atomic E-state index is -0.376. The minimum Gasteiger partial charge on any atom is -0.507 e. The summed E-state index contributed by atoms with van der Waals surface area (Å²) in [6.45, 7) is 2.77. The van der Waals surface area contributed by atoms with E-state index < -0.39 is 0 Å². The van der Waals surface area contributed by atoms with Gasteiger partial charge in [0.05, 0.1) is 16.7 Å². The zero-order chi connectivity index (χ0) is 16.6. The van der Waals surface area contributed by atoms with Crippen molar-refractivity contribution < 1.29 is 14.7 Å². The molecule has 0 fully saturated rings. The van der Waals surface area contributed by atoms with Crippen LogP contribution in [-0.2, 0) is 0 Å². The molecule has 0 spiro atoms. The van der Waals surface area contributed by atoms with E-state index in [0.717, 1.165) is 12.8 Å². The van der Waals surface area contributed by atoms with Gasteiger partial charge in [0.2, 0.25) is 0 Å². The van der Waals surface area contributed by atoms with Gasteiger partial charge >= 0.3 is 0 Å². The van der Waals surface area contributed by atoms with Gasteiger partial charge in [0.1, 0.15) is 5.75 Å². The summed E-state index contributed by atoms with van der Waals surface area (Å²) in [5.41, 5.74) is 7.51. The first-order valence-electron chi connectivity index (χ1n) is 7.64. The van der Waals surface area contributed by atoms with Gasteiger partial charge in [0.15, 0.2) is 11.6 Å². The van der Waals surface area contributed by atoms with Gasteiger partial charge in [-0.1, -0.05) is 25.5 Å². The molecule has 0 unspecified atom stereocenters. The third kappa shape index (κ3) is 2.34. The summed E-state index contributed by atoms with van der Waals surface area (Å²) in [6.07, 6.45) is 1.96. The van der Waals surface area contributed by atoms with Crippen molar-refractivity contribution in [2.75, 3.05) is 17.6 Å². The maximum atomic E-state index is 12.9. The second-order valence-electron chi connectivity index (χ2n) is 5.59. The van der Waals surface area contributed by atoms with E-state index in [2.05, 4.69) is 12.2 Å². The van der Waals surface area contributed by atoms with E-state index in [0.29, 0.717) is 12.2 Å². The summed E-state index contributed by atoms with van der Waals surface area (Å²) in [4.78, 5) is 25.6. The van der Waals surface area contributed by atoms with Crippen LogP contribution in [0.4, 0.5) is 11.4 Å². The van der Waals surface area contributed by atoms with Crippen LogP contribution in [0.5, 0.6) is 5.75 Å². The van der Waals surface area contributed by atoms with Gasteiger partial charge in [-0.3, -0.25) is 9.59 Å². The molecule has 2 aromatic carbocycles. The Morgan fingerprint density at radius 1 is 1.04 bits per heavy atom. The molecular weight excluding hydrogens is 292 g/mol. The number of benzene rings is 2. The highest BCUT2D eigenvalue weighted by Gasteiger charge is 2.35. The molecule has 1 aliphatic rings. The number of nitrogens with one attached hydrogen (secondary N) is 1. The van der Waals surface area contributed by atoms with Crippen LogP contribution in [0.25, 0.3) is 0 Å². The molecule has 0 radical (unpaired) electrons. The average molecular weight is 310 g/mol. The molecule has 3 rings (SSSR count). The molecule has 0 bridgehead atoms. The third-order valence-electron chi connectivity index (χ3n) is 4.05. The molecule has 5 heteroatoms. The van der Waals surface area contributed by atoms with Crippen molar-refractivity contribution in [2.24, 2.45) is 0 Å². The van der Waals surface area contributed by atoms with Crippen LogP contribution < -0.4 is 11.1 Å². The minimum absolute atomic E-state index is 0.0501. The highest BCUT2D eigenvalue weighted by Crippen LogP contribution is 2.38. The Bertz CT molecular complexity index is 812. The molecule has 0 atom stereocenters. The Balaban J connectivity index is 2.18. The van der Waals surface area contributed by atoms with Crippen LogP contribution >= 0.6 is 0 Å². The quantitative estimate of drug-likeness (QED) is 0.509. The molecule has 0 aromatic heterocycles. The lowest BCUT2D eigenvalue weighted by Gasteiger charge is -2.22. The van der Waals surface area contributed by atoms with Crippen LogP contribution in [0.15, 0.2) is 30.3 Å². The lowest BCUT2D eigenvalue weighted by atomic mass is 9.82. The monoisotopic (exact) mass is 310 g/mol. The summed E-state index contributed by atoms with van der Waals surface area (Å²) in [6, 6.07) is 7.83. The Labute approximate surface area is 134 Å². The normalized spacial score (nSPS) is 12.7. The number of carbonyl (C=O) groups excluding carboxylic acids is 2.